The van der Waals surface area contributed by atoms with E-state index in [1.807, 2.05) is 36.4 Å². The van der Waals surface area contributed by atoms with Crippen LogP contribution < -0.4 is 5.73 Å². The van der Waals surface area contributed by atoms with Gasteiger partial charge in [-0.1, -0.05) is 46.3 Å². The van der Waals surface area contributed by atoms with Gasteiger partial charge in [0.15, 0.2) is 0 Å². The maximum absolute atomic E-state index is 11.7. The van der Waals surface area contributed by atoms with Crippen molar-refractivity contribution in [2.24, 2.45) is 0 Å². The number of hydrogen-bond donors (Lipinski definition) is 1. The van der Waals surface area contributed by atoms with Gasteiger partial charge in [-0.3, -0.25) is 4.79 Å². The van der Waals surface area contributed by atoms with Crippen LogP contribution in [0, 0.1) is 0 Å². The molecule has 19 heavy (non-hydrogen) atoms. The van der Waals surface area contributed by atoms with E-state index in [1.54, 1.807) is 12.1 Å². The highest BCUT2D eigenvalue weighted by atomic mass is 79.9. The Hall–Kier alpha value is -1.81. The first-order valence-electron chi connectivity index (χ1n) is 5.88. The van der Waals surface area contributed by atoms with E-state index in [9.17, 15) is 4.79 Å². The minimum Gasteiger partial charge on any atom is -0.461 e. The Morgan fingerprint density at radius 3 is 2.47 bits per heavy atom. The Morgan fingerprint density at radius 1 is 1.11 bits per heavy atom. The fraction of sp³-hybridized carbons (Fsp3) is 0.133. The average molecular weight is 320 g/mol. The summed E-state index contributed by atoms with van der Waals surface area (Å²) in [5.41, 5.74) is 8.12. The maximum atomic E-state index is 11.7. The summed E-state index contributed by atoms with van der Waals surface area (Å²) in [6.45, 7) is 0.273. The van der Waals surface area contributed by atoms with Gasteiger partial charge in [0.25, 0.3) is 0 Å². The summed E-state index contributed by atoms with van der Waals surface area (Å²) in [6, 6.07) is 14.9. The number of anilines is 1. The third kappa shape index (κ3) is 4.10. The van der Waals surface area contributed by atoms with Gasteiger partial charge in [-0.25, -0.2) is 0 Å². The van der Waals surface area contributed by atoms with E-state index in [-0.39, 0.29) is 19.0 Å². The molecule has 0 radical (unpaired) electrons. The predicted octanol–water partition coefficient (Wildman–Crippen LogP) is 3.32. The minimum atomic E-state index is -0.250. The molecule has 0 spiro atoms. The molecule has 0 heterocycles. The standard InChI is InChI=1S/C15H14BrNO2/c16-14-4-2-1-3-12(14)10-19-15(18)9-11-5-7-13(17)8-6-11/h1-8H,9-10,17H2. The SMILES string of the molecule is Nc1ccc(CC(=O)OCc2ccccc2Br)cc1. The van der Waals surface area contributed by atoms with Crippen LogP contribution in [0.4, 0.5) is 5.69 Å². The first-order chi connectivity index (χ1) is 9.15. The number of ether oxygens (including phenoxy) is 1. The molecule has 98 valence electrons. The van der Waals surface area contributed by atoms with E-state index >= 15 is 0 Å². The lowest BCUT2D eigenvalue weighted by molar-refractivity contribution is -0.144. The van der Waals surface area contributed by atoms with Crippen LogP contribution in [0.2, 0.25) is 0 Å². The van der Waals surface area contributed by atoms with Crippen LogP contribution in [0.5, 0.6) is 0 Å². The van der Waals surface area contributed by atoms with Gasteiger partial charge in [0.05, 0.1) is 6.42 Å². The van der Waals surface area contributed by atoms with Gasteiger partial charge < -0.3 is 10.5 Å². The Balaban J connectivity index is 1.88. The summed E-state index contributed by atoms with van der Waals surface area (Å²) >= 11 is 3.42. The normalized spacial score (nSPS) is 10.2. The van der Waals surface area contributed by atoms with Crippen LogP contribution in [0.25, 0.3) is 0 Å². The highest BCUT2D eigenvalue weighted by Crippen LogP contribution is 2.17. The third-order valence-electron chi connectivity index (χ3n) is 2.67. The van der Waals surface area contributed by atoms with Crippen LogP contribution in [0.15, 0.2) is 53.0 Å². The van der Waals surface area contributed by atoms with Crippen LogP contribution in [-0.2, 0) is 22.6 Å². The van der Waals surface area contributed by atoms with Crippen molar-refractivity contribution < 1.29 is 9.53 Å². The lowest BCUT2D eigenvalue weighted by atomic mass is 10.1. The molecule has 3 nitrogen and oxygen atoms in total. The fourth-order valence-corrected chi connectivity index (χ4v) is 2.03. The van der Waals surface area contributed by atoms with Crippen molar-refractivity contribution in [1.82, 2.24) is 0 Å². The van der Waals surface area contributed by atoms with Crippen molar-refractivity contribution in [3.63, 3.8) is 0 Å². The van der Waals surface area contributed by atoms with E-state index in [0.29, 0.717) is 5.69 Å². The van der Waals surface area contributed by atoms with Crippen molar-refractivity contribution in [2.45, 2.75) is 13.0 Å². The first-order valence-corrected chi connectivity index (χ1v) is 6.68. The summed E-state index contributed by atoms with van der Waals surface area (Å²) in [6.07, 6.45) is 0.255. The summed E-state index contributed by atoms with van der Waals surface area (Å²) < 4.78 is 6.18. The number of carbonyl (C=O) groups is 1. The van der Waals surface area contributed by atoms with Crippen LogP contribution in [-0.4, -0.2) is 5.97 Å². The van der Waals surface area contributed by atoms with E-state index < -0.39 is 0 Å². The zero-order valence-corrected chi connectivity index (χ0v) is 11.9. The molecular formula is C15H14BrNO2. The molecule has 0 aliphatic rings. The number of nitrogens with two attached hydrogens (primary N) is 1. The van der Waals surface area contributed by atoms with Crippen molar-refractivity contribution in [3.05, 3.63) is 64.1 Å². The summed E-state index contributed by atoms with van der Waals surface area (Å²) in [5.74, 6) is -0.250. The lowest BCUT2D eigenvalue weighted by Gasteiger charge is -2.07. The van der Waals surface area contributed by atoms with E-state index in [2.05, 4.69) is 15.9 Å². The topological polar surface area (TPSA) is 52.3 Å². The number of halogens is 1. The Labute approximate surface area is 120 Å². The predicted molar refractivity (Wildman–Crippen MR) is 78.5 cm³/mol. The van der Waals surface area contributed by atoms with E-state index in [1.165, 1.54) is 0 Å². The molecule has 0 bridgehead atoms. The number of benzene rings is 2. The Bertz CT molecular complexity index is 567. The molecule has 2 N–H and O–H groups in total. The zero-order chi connectivity index (χ0) is 13.7. The van der Waals surface area contributed by atoms with E-state index in [0.717, 1.165) is 15.6 Å². The molecule has 4 heteroatoms. The van der Waals surface area contributed by atoms with Crippen LogP contribution >= 0.6 is 15.9 Å². The second-order valence-electron chi connectivity index (χ2n) is 4.17. The largest absolute Gasteiger partial charge is 0.461 e. The third-order valence-corrected chi connectivity index (χ3v) is 3.45. The van der Waals surface area contributed by atoms with Crippen molar-refractivity contribution in [1.29, 1.82) is 0 Å². The van der Waals surface area contributed by atoms with Gasteiger partial charge in [-0.2, -0.15) is 0 Å². The fourth-order valence-electron chi connectivity index (χ4n) is 1.63. The molecule has 2 rings (SSSR count). The average Bonchev–Trinajstić information content (AvgIpc) is 2.40. The number of hydrogen-bond acceptors (Lipinski definition) is 3. The summed E-state index contributed by atoms with van der Waals surface area (Å²) in [4.78, 5) is 11.7. The van der Waals surface area contributed by atoms with Crippen molar-refractivity contribution in [2.75, 3.05) is 5.73 Å². The second kappa shape index (κ2) is 6.38. The first kappa shape index (κ1) is 13.6. The van der Waals surface area contributed by atoms with Crippen molar-refractivity contribution >= 4 is 27.6 Å². The molecule has 0 amide bonds. The van der Waals surface area contributed by atoms with Crippen molar-refractivity contribution in [3.8, 4) is 0 Å². The minimum absolute atomic E-state index is 0.250. The van der Waals surface area contributed by atoms with Gasteiger partial charge in [0, 0.05) is 15.7 Å². The summed E-state index contributed by atoms with van der Waals surface area (Å²) in [7, 11) is 0. The van der Waals surface area contributed by atoms with Gasteiger partial charge in [-0.15, -0.1) is 0 Å². The molecule has 0 aliphatic carbocycles. The monoisotopic (exact) mass is 319 g/mol. The molecule has 0 saturated heterocycles. The number of esters is 1. The molecule has 0 fully saturated rings. The maximum Gasteiger partial charge on any atom is 0.310 e. The lowest BCUT2D eigenvalue weighted by Crippen LogP contribution is -2.08. The molecule has 2 aromatic carbocycles. The second-order valence-corrected chi connectivity index (χ2v) is 5.02. The zero-order valence-electron chi connectivity index (χ0n) is 10.3. The molecule has 0 unspecified atom stereocenters. The van der Waals surface area contributed by atoms with E-state index in [4.69, 9.17) is 10.5 Å². The molecular weight excluding hydrogens is 306 g/mol. The number of carbonyl (C=O) groups excluding carboxylic acids is 1. The molecule has 0 saturated carbocycles. The smallest absolute Gasteiger partial charge is 0.310 e. The molecule has 0 atom stereocenters. The Morgan fingerprint density at radius 2 is 1.79 bits per heavy atom. The van der Waals surface area contributed by atoms with Gasteiger partial charge >= 0.3 is 5.97 Å². The molecule has 0 aromatic heterocycles. The number of rotatable bonds is 4. The van der Waals surface area contributed by atoms with Crippen LogP contribution in [0.1, 0.15) is 11.1 Å². The summed E-state index contributed by atoms with van der Waals surface area (Å²) in [5, 5.41) is 0. The Kier molecular flexibility index (Phi) is 4.58. The quantitative estimate of drug-likeness (QED) is 0.694. The highest BCUT2D eigenvalue weighted by Gasteiger charge is 2.06. The highest BCUT2D eigenvalue weighted by molar-refractivity contribution is 9.10. The van der Waals surface area contributed by atoms with Crippen LogP contribution in [0.3, 0.4) is 0 Å². The van der Waals surface area contributed by atoms with Gasteiger partial charge in [0.2, 0.25) is 0 Å². The van der Waals surface area contributed by atoms with Gasteiger partial charge in [-0.05, 0) is 23.8 Å². The van der Waals surface area contributed by atoms with Gasteiger partial charge in [0.1, 0.15) is 6.61 Å². The molecule has 0 aliphatic heterocycles. The molecule has 2 aromatic rings. The number of nitrogen functional groups attached to an aromatic ring is 1.